The van der Waals surface area contributed by atoms with Crippen molar-refractivity contribution >= 4 is 23.0 Å². The molecule has 1 rings (SSSR count). The van der Waals surface area contributed by atoms with Gasteiger partial charge in [-0.15, -0.1) is 0 Å². The topological polar surface area (TPSA) is 52.2 Å². The number of nitrogens with zero attached hydrogens (tertiary/aromatic N) is 1. The monoisotopic (exact) mass is 210 g/mol. The Labute approximate surface area is 88.8 Å². The van der Waals surface area contributed by atoms with Crippen LogP contribution in [0.1, 0.15) is 19.5 Å². The van der Waals surface area contributed by atoms with E-state index in [1.165, 1.54) is 0 Å². The first-order valence-electron chi connectivity index (χ1n) is 4.46. The van der Waals surface area contributed by atoms with Crippen LogP contribution in [0.15, 0.2) is 23.4 Å². The van der Waals surface area contributed by atoms with Crippen molar-refractivity contribution in [1.82, 2.24) is 15.7 Å². The maximum absolute atomic E-state index is 4.96. The van der Waals surface area contributed by atoms with Crippen LogP contribution >= 0.6 is 12.2 Å². The average molecular weight is 210 g/mol. The lowest BCUT2D eigenvalue weighted by Gasteiger charge is -2.04. The second-order valence-corrected chi connectivity index (χ2v) is 3.16. The highest BCUT2D eigenvalue weighted by atomic mass is 32.1. The van der Waals surface area contributed by atoms with E-state index in [4.69, 9.17) is 12.2 Å². The summed E-state index contributed by atoms with van der Waals surface area (Å²) in [5, 5.41) is 7.61. The smallest absolute Gasteiger partial charge is 0.186 e. The van der Waals surface area contributed by atoms with Crippen molar-refractivity contribution in [1.29, 1.82) is 0 Å². The number of thiocarbonyl (C=S) groups is 1. The second-order valence-electron chi connectivity index (χ2n) is 2.75. The fourth-order valence-electron chi connectivity index (χ4n) is 0.950. The Bertz CT molecular complexity index is 316. The molecule has 0 saturated heterocycles. The third-order valence-corrected chi connectivity index (χ3v) is 1.89. The standard InChI is InChI=1S/C9H14N4S/c1-3-10-9(14)13-12-7(2)8-5-4-6-11-8/h4-6,11H,3H2,1-2H3,(H2,10,13,14)/b12-7+. The first kappa shape index (κ1) is 10.7. The number of hydrogen-bond donors (Lipinski definition) is 3. The van der Waals surface area contributed by atoms with Crippen LogP contribution in [0.5, 0.6) is 0 Å². The zero-order valence-corrected chi connectivity index (χ0v) is 9.11. The van der Waals surface area contributed by atoms with Gasteiger partial charge in [-0.2, -0.15) is 5.10 Å². The molecule has 4 nitrogen and oxygen atoms in total. The Morgan fingerprint density at radius 2 is 2.43 bits per heavy atom. The van der Waals surface area contributed by atoms with Gasteiger partial charge >= 0.3 is 0 Å². The average Bonchev–Trinajstić information content (AvgIpc) is 2.67. The number of rotatable bonds is 3. The predicted molar refractivity (Wildman–Crippen MR) is 62.4 cm³/mol. The van der Waals surface area contributed by atoms with Crippen molar-refractivity contribution in [3.8, 4) is 0 Å². The number of H-pyrrole nitrogens is 1. The van der Waals surface area contributed by atoms with E-state index in [0.717, 1.165) is 18.0 Å². The van der Waals surface area contributed by atoms with Crippen LogP contribution in [-0.2, 0) is 0 Å². The van der Waals surface area contributed by atoms with Crippen LogP contribution in [-0.4, -0.2) is 22.4 Å². The number of hydrogen-bond acceptors (Lipinski definition) is 2. The van der Waals surface area contributed by atoms with Crippen molar-refractivity contribution in [2.75, 3.05) is 6.54 Å². The van der Waals surface area contributed by atoms with Crippen LogP contribution in [0, 0.1) is 0 Å². The molecule has 0 aliphatic rings. The largest absolute Gasteiger partial charge is 0.362 e. The van der Waals surface area contributed by atoms with Gasteiger partial charge in [0.15, 0.2) is 5.11 Å². The zero-order chi connectivity index (χ0) is 10.4. The molecule has 0 bridgehead atoms. The molecule has 0 fully saturated rings. The highest BCUT2D eigenvalue weighted by molar-refractivity contribution is 7.80. The molecule has 5 heteroatoms. The number of nitrogens with one attached hydrogen (secondary N) is 3. The Balaban J connectivity index is 2.49. The molecule has 76 valence electrons. The van der Waals surface area contributed by atoms with Crippen molar-refractivity contribution < 1.29 is 0 Å². The lowest BCUT2D eigenvalue weighted by Crippen LogP contribution is -2.32. The van der Waals surface area contributed by atoms with Crippen LogP contribution in [0.4, 0.5) is 0 Å². The van der Waals surface area contributed by atoms with E-state index in [-0.39, 0.29) is 0 Å². The molecule has 1 aromatic rings. The number of aromatic amines is 1. The van der Waals surface area contributed by atoms with Gasteiger partial charge in [-0.05, 0) is 38.2 Å². The fraction of sp³-hybridized carbons (Fsp3) is 0.333. The lowest BCUT2D eigenvalue weighted by molar-refractivity contribution is 0.900. The molecule has 0 aromatic carbocycles. The first-order valence-corrected chi connectivity index (χ1v) is 4.86. The van der Waals surface area contributed by atoms with Gasteiger partial charge in [0.2, 0.25) is 0 Å². The van der Waals surface area contributed by atoms with E-state index in [2.05, 4.69) is 20.8 Å². The minimum absolute atomic E-state index is 0.540. The van der Waals surface area contributed by atoms with Crippen LogP contribution in [0.25, 0.3) is 0 Å². The van der Waals surface area contributed by atoms with Crippen molar-refractivity contribution in [3.63, 3.8) is 0 Å². The highest BCUT2D eigenvalue weighted by Gasteiger charge is 1.96. The Kier molecular flexibility index (Phi) is 4.12. The van der Waals surface area contributed by atoms with Crippen LogP contribution < -0.4 is 10.7 Å². The normalized spacial score (nSPS) is 11.1. The summed E-state index contributed by atoms with van der Waals surface area (Å²) in [5.74, 6) is 0. The molecular weight excluding hydrogens is 196 g/mol. The Morgan fingerprint density at radius 1 is 1.64 bits per heavy atom. The fourth-order valence-corrected chi connectivity index (χ4v) is 1.14. The number of hydrazone groups is 1. The molecule has 1 heterocycles. The van der Waals surface area contributed by atoms with Gasteiger partial charge in [-0.25, -0.2) is 0 Å². The van der Waals surface area contributed by atoms with Crippen LogP contribution in [0.3, 0.4) is 0 Å². The summed E-state index contributed by atoms with van der Waals surface area (Å²) in [7, 11) is 0. The summed E-state index contributed by atoms with van der Waals surface area (Å²) < 4.78 is 0. The van der Waals surface area contributed by atoms with Gasteiger partial charge in [0.1, 0.15) is 0 Å². The maximum Gasteiger partial charge on any atom is 0.186 e. The summed E-state index contributed by atoms with van der Waals surface area (Å²) >= 11 is 4.96. The molecule has 0 aliphatic carbocycles. The van der Waals surface area contributed by atoms with Crippen molar-refractivity contribution in [2.24, 2.45) is 5.10 Å². The molecule has 14 heavy (non-hydrogen) atoms. The van der Waals surface area contributed by atoms with Crippen molar-refractivity contribution in [2.45, 2.75) is 13.8 Å². The van der Waals surface area contributed by atoms with E-state index in [9.17, 15) is 0 Å². The molecule has 0 amide bonds. The van der Waals surface area contributed by atoms with Gasteiger partial charge in [-0.1, -0.05) is 0 Å². The molecule has 0 unspecified atom stereocenters. The van der Waals surface area contributed by atoms with Gasteiger partial charge in [0.05, 0.1) is 11.4 Å². The molecule has 0 radical (unpaired) electrons. The third kappa shape index (κ3) is 3.18. The summed E-state index contributed by atoms with van der Waals surface area (Å²) in [4.78, 5) is 3.06. The summed E-state index contributed by atoms with van der Waals surface area (Å²) in [6, 6.07) is 3.88. The first-order chi connectivity index (χ1) is 6.74. The maximum atomic E-state index is 4.96. The zero-order valence-electron chi connectivity index (χ0n) is 8.29. The van der Waals surface area contributed by atoms with Crippen molar-refractivity contribution in [3.05, 3.63) is 24.0 Å². The van der Waals surface area contributed by atoms with E-state index in [1.54, 1.807) is 0 Å². The molecule has 0 aliphatic heterocycles. The quantitative estimate of drug-likeness (QED) is 0.399. The summed E-state index contributed by atoms with van der Waals surface area (Å²) in [5.41, 5.74) is 4.61. The van der Waals surface area contributed by atoms with E-state index in [0.29, 0.717) is 5.11 Å². The van der Waals surface area contributed by atoms with E-state index >= 15 is 0 Å². The highest BCUT2D eigenvalue weighted by Crippen LogP contribution is 1.95. The molecular formula is C9H14N4S. The molecule has 0 saturated carbocycles. The van der Waals surface area contributed by atoms with Gasteiger partial charge < -0.3 is 10.3 Å². The minimum atomic E-state index is 0.540. The number of aromatic nitrogens is 1. The lowest BCUT2D eigenvalue weighted by atomic mass is 10.3. The Hall–Kier alpha value is -1.36. The van der Waals surface area contributed by atoms with Gasteiger partial charge in [0, 0.05) is 12.7 Å². The van der Waals surface area contributed by atoms with E-state index < -0.39 is 0 Å². The minimum Gasteiger partial charge on any atom is -0.362 e. The predicted octanol–water partition coefficient (Wildman–Crippen LogP) is 1.22. The third-order valence-electron chi connectivity index (χ3n) is 1.65. The molecule has 0 spiro atoms. The molecule has 1 aromatic heterocycles. The summed E-state index contributed by atoms with van der Waals surface area (Å²) in [6.07, 6.45) is 1.86. The Morgan fingerprint density at radius 3 is 3.00 bits per heavy atom. The van der Waals surface area contributed by atoms with Crippen LogP contribution in [0.2, 0.25) is 0 Å². The summed E-state index contributed by atoms with van der Waals surface area (Å²) in [6.45, 7) is 4.69. The molecule has 0 atom stereocenters. The SMILES string of the molecule is CCNC(=S)N/N=C(\C)c1ccc[nH]1. The van der Waals surface area contributed by atoms with Gasteiger partial charge in [-0.3, -0.25) is 5.43 Å². The van der Waals surface area contributed by atoms with E-state index in [1.807, 2.05) is 32.2 Å². The van der Waals surface area contributed by atoms with Gasteiger partial charge in [0.25, 0.3) is 0 Å². The molecule has 3 N–H and O–H groups in total. The second kappa shape index (κ2) is 5.39.